The standard InChI is InChI=1S/C17H19BrFNO/c1-3-9-21-15-6-4-5-14(11-15)20-12(2)16-8-7-13(18)10-17(16)19/h4-8,10-12,20H,3,9H2,1-2H3. The molecule has 0 heterocycles. The van der Waals surface area contributed by atoms with Crippen molar-refractivity contribution in [1.82, 2.24) is 0 Å². The molecule has 1 unspecified atom stereocenters. The molecular weight excluding hydrogens is 333 g/mol. The minimum Gasteiger partial charge on any atom is -0.494 e. The Bertz CT molecular complexity index is 603. The van der Waals surface area contributed by atoms with Crippen LogP contribution in [0, 0.1) is 5.82 Å². The summed E-state index contributed by atoms with van der Waals surface area (Å²) in [6.45, 7) is 4.70. The zero-order chi connectivity index (χ0) is 15.2. The van der Waals surface area contributed by atoms with E-state index in [1.165, 1.54) is 6.07 Å². The third kappa shape index (κ3) is 4.46. The van der Waals surface area contributed by atoms with E-state index in [1.54, 1.807) is 6.07 Å². The van der Waals surface area contributed by atoms with Gasteiger partial charge in [-0.25, -0.2) is 4.39 Å². The fourth-order valence-corrected chi connectivity index (χ4v) is 2.41. The molecule has 21 heavy (non-hydrogen) atoms. The van der Waals surface area contributed by atoms with E-state index >= 15 is 0 Å². The number of hydrogen-bond donors (Lipinski definition) is 1. The average molecular weight is 352 g/mol. The van der Waals surface area contributed by atoms with Crippen molar-refractivity contribution in [3.05, 3.63) is 58.3 Å². The molecule has 112 valence electrons. The highest BCUT2D eigenvalue weighted by Gasteiger charge is 2.11. The normalized spacial score (nSPS) is 12.0. The van der Waals surface area contributed by atoms with Gasteiger partial charge in [-0.1, -0.05) is 35.0 Å². The van der Waals surface area contributed by atoms with Crippen molar-refractivity contribution in [2.45, 2.75) is 26.3 Å². The number of hydrogen-bond acceptors (Lipinski definition) is 2. The highest BCUT2D eigenvalue weighted by Crippen LogP contribution is 2.26. The van der Waals surface area contributed by atoms with Crippen LogP contribution in [0.3, 0.4) is 0 Å². The molecule has 0 spiro atoms. The van der Waals surface area contributed by atoms with Crippen LogP contribution in [0.2, 0.25) is 0 Å². The summed E-state index contributed by atoms with van der Waals surface area (Å²) in [7, 11) is 0. The number of ether oxygens (including phenoxy) is 1. The van der Waals surface area contributed by atoms with Crippen LogP contribution in [0.4, 0.5) is 10.1 Å². The third-order valence-corrected chi connectivity index (χ3v) is 3.61. The lowest BCUT2D eigenvalue weighted by Crippen LogP contribution is -2.08. The van der Waals surface area contributed by atoms with Gasteiger partial charge in [-0.05, 0) is 37.6 Å². The van der Waals surface area contributed by atoms with Crippen LogP contribution in [0.5, 0.6) is 5.75 Å². The Balaban J connectivity index is 2.10. The van der Waals surface area contributed by atoms with E-state index in [9.17, 15) is 4.39 Å². The van der Waals surface area contributed by atoms with Crippen molar-refractivity contribution in [3.63, 3.8) is 0 Å². The second-order valence-electron chi connectivity index (χ2n) is 4.91. The first-order chi connectivity index (χ1) is 10.1. The summed E-state index contributed by atoms with van der Waals surface area (Å²) < 4.78 is 20.3. The van der Waals surface area contributed by atoms with E-state index in [1.807, 2.05) is 37.3 Å². The summed E-state index contributed by atoms with van der Waals surface area (Å²) in [5.74, 6) is 0.605. The van der Waals surface area contributed by atoms with E-state index in [0.717, 1.165) is 22.3 Å². The minimum atomic E-state index is -0.220. The fourth-order valence-electron chi connectivity index (χ4n) is 2.08. The molecule has 0 amide bonds. The van der Waals surface area contributed by atoms with Crippen LogP contribution in [0.25, 0.3) is 0 Å². The van der Waals surface area contributed by atoms with Gasteiger partial charge in [-0.15, -0.1) is 0 Å². The molecule has 0 aliphatic carbocycles. The molecule has 2 nitrogen and oxygen atoms in total. The summed E-state index contributed by atoms with van der Waals surface area (Å²) in [6.07, 6.45) is 0.970. The molecule has 0 radical (unpaired) electrons. The zero-order valence-electron chi connectivity index (χ0n) is 12.2. The summed E-state index contributed by atoms with van der Waals surface area (Å²) in [5.41, 5.74) is 1.55. The van der Waals surface area contributed by atoms with Crippen molar-refractivity contribution in [2.75, 3.05) is 11.9 Å². The van der Waals surface area contributed by atoms with Gasteiger partial charge in [0.25, 0.3) is 0 Å². The van der Waals surface area contributed by atoms with Crippen LogP contribution in [-0.2, 0) is 0 Å². The van der Waals surface area contributed by atoms with Crippen LogP contribution < -0.4 is 10.1 Å². The second kappa shape index (κ2) is 7.46. The largest absolute Gasteiger partial charge is 0.494 e. The molecule has 2 aromatic carbocycles. The molecule has 2 aromatic rings. The van der Waals surface area contributed by atoms with Gasteiger partial charge in [0.1, 0.15) is 11.6 Å². The quantitative estimate of drug-likeness (QED) is 0.736. The lowest BCUT2D eigenvalue weighted by atomic mass is 10.1. The molecule has 0 aromatic heterocycles. The van der Waals surface area contributed by atoms with Gasteiger partial charge in [0.05, 0.1) is 12.6 Å². The van der Waals surface area contributed by atoms with Gasteiger partial charge in [-0.2, -0.15) is 0 Å². The highest BCUT2D eigenvalue weighted by molar-refractivity contribution is 9.10. The lowest BCUT2D eigenvalue weighted by Gasteiger charge is -2.17. The topological polar surface area (TPSA) is 21.3 Å². The molecule has 2 rings (SSSR count). The monoisotopic (exact) mass is 351 g/mol. The zero-order valence-corrected chi connectivity index (χ0v) is 13.8. The Morgan fingerprint density at radius 2 is 2.05 bits per heavy atom. The van der Waals surface area contributed by atoms with Gasteiger partial charge < -0.3 is 10.1 Å². The minimum absolute atomic E-state index is 0.125. The van der Waals surface area contributed by atoms with Gasteiger partial charge in [0.2, 0.25) is 0 Å². The van der Waals surface area contributed by atoms with Crippen molar-refractivity contribution in [3.8, 4) is 5.75 Å². The first-order valence-corrected chi connectivity index (χ1v) is 7.83. The SMILES string of the molecule is CCCOc1cccc(NC(C)c2ccc(Br)cc2F)c1. The van der Waals surface area contributed by atoms with Crippen molar-refractivity contribution in [2.24, 2.45) is 0 Å². The number of nitrogens with one attached hydrogen (secondary N) is 1. The number of anilines is 1. The van der Waals surface area contributed by atoms with Gasteiger partial charge in [0.15, 0.2) is 0 Å². The number of rotatable bonds is 6. The van der Waals surface area contributed by atoms with E-state index in [2.05, 4.69) is 28.2 Å². The second-order valence-corrected chi connectivity index (χ2v) is 5.82. The molecule has 1 atom stereocenters. The maximum atomic E-state index is 14.0. The molecule has 0 saturated carbocycles. The first kappa shape index (κ1) is 15.8. The average Bonchev–Trinajstić information content (AvgIpc) is 2.45. The third-order valence-electron chi connectivity index (χ3n) is 3.12. The summed E-state index contributed by atoms with van der Waals surface area (Å²) in [5, 5.41) is 3.30. The molecule has 1 N–H and O–H groups in total. The number of halogens is 2. The molecule has 0 bridgehead atoms. The Labute approximate surface area is 133 Å². The Morgan fingerprint density at radius 3 is 2.76 bits per heavy atom. The Hall–Kier alpha value is -1.55. The van der Waals surface area contributed by atoms with Gasteiger partial charge >= 0.3 is 0 Å². The van der Waals surface area contributed by atoms with Crippen molar-refractivity contribution in [1.29, 1.82) is 0 Å². The molecule has 0 fully saturated rings. The molecular formula is C17H19BrFNO. The van der Waals surface area contributed by atoms with Crippen LogP contribution in [0.15, 0.2) is 46.9 Å². The summed E-state index contributed by atoms with van der Waals surface area (Å²) in [4.78, 5) is 0. The van der Waals surface area contributed by atoms with Crippen LogP contribution in [-0.4, -0.2) is 6.61 Å². The lowest BCUT2D eigenvalue weighted by molar-refractivity contribution is 0.317. The van der Waals surface area contributed by atoms with Gasteiger partial charge in [-0.3, -0.25) is 0 Å². The number of benzene rings is 2. The van der Waals surface area contributed by atoms with E-state index in [-0.39, 0.29) is 11.9 Å². The van der Waals surface area contributed by atoms with E-state index < -0.39 is 0 Å². The predicted octanol–water partition coefficient (Wildman–Crippen LogP) is 5.55. The van der Waals surface area contributed by atoms with Crippen LogP contribution >= 0.6 is 15.9 Å². The van der Waals surface area contributed by atoms with E-state index in [0.29, 0.717) is 12.2 Å². The maximum absolute atomic E-state index is 14.0. The maximum Gasteiger partial charge on any atom is 0.129 e. The molecule has 0 saturated heterocycles. The predicted molar refractivity (Wildman–Crippen MR) is 88.4 cm³/mol. The smallest absolute Gasteiger partial charge is 0.129 e. The molecule has 0 aliphatic rings. The van der Waals surface area contributed by atoms with Gasteiger partial charge in [0, 0.05) is 21.8 Å². The molecule has 0 aliphatic heterocycles. The Morgan fingerprint density at radius 1 is 1.24 bits per heavy atom. The van der Waals surface area contributed by atoms with Crippen molar-refractivity contribution < 1.29 is 9.13 Å². The Kier molecular flexibility index (Phi) is 5.62. The first-order valence-electron chi connectivity index (χ1n) is 7.04. The van der Waals surface area contributed by atoms with Crippen molar-refractivity contribution >= 4 is 21.6 Å². The molecule has 4 heteroatoms. The van der Waals surface area contributed by atoms with Crippen LogP contribution in [0.1, 0.15) is 31.9 Å². The summed E-state index contributed by atoms with van der Waals surface area (Å²) in [6, 6.07) is 12.7. The van der Waals surface area contributed by atoms with E-state index in [4.69, 9.17) is 4.74 Å². The summed E-state index contributed by atoms with van der Waals surface area (Å²) >= 11 is 3.27. The fraction of sp³-hybridized carbons (Fsp3) is 0.294. The highest BCUT2D eigenvalue weighted by atomic mass is 79.9.